The van der Waals surface area contributed by atoms with Crippen molar-refractivity contribution < 1.29 is 5.11 Å². The molecule has 5 rings (SSSR count). The highest BCUT2D eigenvalue weighted by molar-refractivity contribution is 6.14. The number of hydrogen-bond acceptors (Lipinski definition) is 4. The van der Waals surface area contributed by atoms with Gasteiger partial charge in [0, 0.05) is 49.9 Å². The number of allylic oxidation sites excluding steroid dienone is 3. The molecule has 5 heteroatoms. The third kappa shape index (κ3) is 2.34. The SMILES string of the molecule is CC1=CC=C2C=CC1CN(C)c1ccc3c(c1)c(c(O)n3C)C1=NCCN21. The van der Waals surface area contributed by atoms with E-state index in [1.165, 1.54) is 5.57 Å². The Morgan fingerprint density at radius 2 is 2.04 bits per heavy atom. The minimum absolute atomic E-state index is 0.273. The zero-order valence-electron chi connectivity index (χ0n) is 16.0. The molecule has 0 fully saturated rings. The monoisotopic (exact) mass is 360 g/mol. The maximum Gasteiger partial charge on any atom is 0.203 e. The maximum absolute atomic E-state index is 10.9. The third-order valence-electron chi connectivity index (χ3n) is 6.04. The van der Waals surface area contributed by atoms with Crippen LogP contribution in [0.25, 0.3) is 10.9 Å². The minimum Gasteiger partial charge on any atom is -0.494 e. The van der Waals surface area contributed by atoms with Crippen LogP contribution in [0.4, 0.5) is 5.69 Å². The Bertz CT molecular complexity index is 1070. The van der Waals surface area contributed by atoms with Crippen LogP contribution >= 0.6 is 0 Å². The second kappa shape index (κ2) is 5.78. The van der Waals surface area contributed by atoms with E-state index in [0.29, 0.717) is 5.92 Å². The van der Waals surface area contributed by atoms with E-state index < -0.39 is 0 Å². The zero-order valence-corrected chi connectivity index (χ0v) is 16.0. The molecule has 1 atom stereocenters. The Kier molecular flexibility index (Phi) is 3.47. The minimum atomic E-state index is 0.273. The van der Waals surface area contributed by atoms with E-state index in [9.17, 15) is 5.11 Å². The van der Waals surface area contributed by atoms with Crippen molar-refractivity contribution in [1.29, 1.82) is 0 Å². The molecule has 1 aliphatic carbocycles. The Hall–Kier alpha value is -2.95. The van der Waals surface area contributed by atoms with Crippen LogP contribution in [-0.2, 0) is 7.05 Å². The van der Waals surface area contributed by atoms with Crippen LogP contribution in [0, 0.1) is 5.92 Å². The summed E-state index contributed by atoms with van der Waals surface area (Å²) in [7, 11) is 4.04. The summed E-state index contributed by atoms with van der Waals surface area (Å²) < 4.78 is 1.85. The highest BCUT2D eigenvalue weighted by Crippen LogP contribution is 2.37. The molecular weight excluding hydrogens is 336 g/mol. The van der Waals surface area contributed by atoms with Crippen LogP contribution in [0.5, 0.6) is 5.88 Å². The Morgan fingerprint density at radius 3 is 2.89 bits per heavy atom. The largest absolute Gasteiger partial charge is 0.494 e. The van der Waals surface area contributed by atoms with Gasteiger partial charge in [-0.15, -0.1) is 0 Å². The first kappa shape index (κ1) is 16.2. The number of nitrogens with zero attached hydrogens (tertiary/aromatic N) is 4. The number of fused-ring (bicyclic) bond motifs is 6. The maximum atomic E-state index is 10.9. The first-order valence-electron chi connectivity index (χ1n) is 9.46. The molecule has 3 heterocycles. The quantitative estimate of drug-likeness (QED) is 0.783. The van der Waals surface area contributed by atoms with Crippen molar-refractivity contribution in [3.63, 3.8) is 0 Å². The summed E-state index contributed by atoms with van der Waals surface area (Å²) in [5.74, 6) is 1.50. The summed E-state index contributed by atoms with van der Waals surface area (Å²) in [6.07, 6.45) is 8.90. The van der Waals surface area contributed by atoms with Crippen molar-refractivity contribution in [2.45, 2.75) is 6.92 Å². The Labute approximate surface area is 159 Å². The van der Waals surface area contributed by atoms with Gasteiger partial charge in [-0.25, -0.2) is 0 Å². The predicted octanol–water partition coefficient (Wildman–Crippen LogP) is 3.41. The molecule has 27 heavy (non-hydrogen) atoms. The molecule has 1 aromatic heterocycles. The second-order valence-corrected chi connectivity index (χ2v) is 7.66. The van der Waals surface area contributed by atoms with E-state index in [1.807, 2.05) is 11.6 Å². The number of aromatic nitrogens is 1. The fourth-order valence-corrected chi connectivity index (χ4v) is 4.34. The molecule has 1 aromatic carbocycles. The van der Waals surface area contributed by atoms with Crippen molar-refractivity contribution in [2.24, 2.45) is 18.0 Å². The van der Waals surface area contributed by atoms with Gasteiger partial charge in [0.25, 0.3) is 0 Å². The van der Waals surface area contributed by atoms with E-state index in [1.54, 1.807) is 0 Å². The highest BCUT2D eigenvalue weighted by Gasteiger charge is 2.29. The molecule has 138 valence electrons. The first-order valence-corrected chi connectivity index (χ1v) is 9.46. The van der Waals surface area contributed by atoms with Crippen LogP contribution in [0.3, 0.4) is 0 Å². The number of aryl methyl sites for hydroxylation is 1. The van der Waals surface area contributed by atoms with Crippen LogP contribution in [0.2, 0.25) is 0 Å². The third-order valence-corrected chi connectivity index (χ3v) is 6.04. The smallest absolute Gasteiger partial charge is 0.203 e. The van der Waals surface area contributed by atoms with Gasteiger partial charge in [-0.3, -0.25) is 4.99 Å². The van der Waals surface area contributed by atoms with Gasteiger partial charge in [-0.1, -0.05) is 17.7 Å². The average molecular weight is 360 g/mol. The molecule has 4 bridgehead atoms. The lowest BCUT2D eigenvalue weighted by Gasteiger charge is -2.26. The van der Waals surface area contributed by atoms with Gasteiger partial charge in [0.05, 0.1) is 17.6 Å². The molecule has 5 nitrogen and oxygen atoms in total. The van der Waals surface area contributed by atoms with E-state index in [4.69, 9.17) is 4.99 Å². The molecule has 0 radical (unpaired) electrons. The molecule has 0 saturated carbocycles. The van der Waals surface area contributed by atoms with Gasteiger partial charge in [0.1, 0.15) is 5.84 Å². The molecule has 0 saturated heterocycles. The molecule has 2 aliphatic heterocycles. The normalized spacial score (nSPS) is 21.6. The lowest BCUT2D eigenvalue weighted by molar-refractivity contribution is 0.432. The second-order valence-electron chi connectivity index (χ2n) is 7.66. The number of anilines is 1. The van der Waals surface area contributed by atoms with Crippen LogP contribution < -0.4 is 4.90 Å². The lowest BCUT2D eigenvalue weighted by atomic mass is 9.99. The number of aromatic hydroxyl groups is 1. The summed E-state index contributed by atoms with van der Waals surface area (Å²) in [5, 5.41) is 12.0. The van der Waals surface area contributed by atoms with Crippen molar-refractivity contribution >= 4 is 22.4 Å². The standard InChI is InChI=1S/C22H24N4O/c1-14-4-6-16-7-5-15(14)13-24(2)17-8-9-19-18(12-17)20(22(27)25(19)3)21-23-10-11-26(16)21/h4-9,12,15,27H,10-11,13H2,1-3H3. The molecular formula is C22H24N4O. The van der Waals surface area contributed by atoms with Gasteiger partial charge in [-0.05, 0) is 37.3 Å². The summed E-state index contributed by atoms with van der Waals surface area (Å²) in [4.78, 5) is 9.31. The summed E-state index contributed by atoms with van der Waals surface area (Å²) >= 11 is 0. The number of amidine groups is 1. The molecule has 0 amide bonds. The Morgan fingerprint density at radius 1 is 1.19 bits per heavy atom. The number of benzene rings is 1. The van der Waals surface area contributed by atoms with Gasteiger partial charge in [0.15, 0.2) is 0 Å². The van der Waals surface area contributed by atoms with Crippen LogP contribution in [-0.4, -0.2) is 47.1 Å². The van der Waals surface area contributed by atoms with Crippen molar-refractivity contribution in [3.8, 4) is 5.88 Å². The van der Waals surface area contributed by atoms with Gasteiger partial charge in [0.2, 0.25) is 5.88 Å². The van der Waals surface area contributed by atoms with Crippen molar-refractivity contribution in [1.82, 2.24) is 9.47 Å². The van der Waals surface area contributed by atoms with Gasteiger partial charge >= 0.3 is 0 Å². The number of aliphatic imine (C=N–C) groups is 1. The number of hydrogen-bond donors (Lipinski definition) is 1. The van der Waals surface area contributed by atoms with E-state index >= 15 is 0 Å². The summed E-state index contributed by atoms with van der Waals surface area (Å²) in [5.41, 5.74) is 5.49. The van der Waals surface area contributed by atoms with Crippen molar-refractivity contribution in [3.05, 3.63) is 59.3 Å². The fourth-order valence-electron chi connectivity index (χ4n) is 4.34. The van der Waals surface area contributed by atoms with Crippen LogP contribution in [0.1, 0.15) is 12.5 Å². The predicted molar refractivity (Wildman–Crippen MR) is 110 cm³/mol. The number of rotatable bonds is 0. The lowest BCUT2D eigenvalue weighted by Crippen LogP contribution is -2.28. The summed E-state index contributed by atoms with van der Waals surface area (Å²) in [6.45, 7) is 4.69. The average Bonchev–Trinajstić information content (AvgIpc) is 3.17. The zero-order chi connectivity index (χ0) is 18.7. The topological polar surface area (TPSA) is 44.0 Å². The van der Waals surface area contributed by atoms with Gasteiger partial charge in [-0.2, -0.15) is 0 Å². The highest BCUT2D eigenvalue weighted by atomic mass is 16.3. The molecule has 3 aliphatic rings. The van der Waals surface area contributed by atoms with Crippen LogP contribution in [0.15, 0.2) is 58.8 Å². The first-order chi connectivity index (χ1) is 13.0. The molecule has 0 spiro atoms. The molecule has 2 aromatic rings. The van der Waals surface area contributed by atoms with E-state index in [-0.39, 0.29) is 5.88 Å². The van der Waals surface area contributed by atoms with E-state index in [2.05, 4.69) is 66.3 Å². The molecule has 1 N–H and O–H groups in total. The van der Waals surface area contributed by atoms with E-state index in [0.717, 1.165) is 53.3 Å². The van der Waals surface area contributed by atoms with Gasteiger partial charge < -0.3 is 19.5 Å². The summed E-state index contributed by atoms with van der Waals surface area (Å²) in [6, 6.07) is 6.42. The van der Waals surface area contributed by atoms with Crippen molar-refractivity contribution in [2.75, 3.05) is 31.6 Å². The molecule has 1 unspecified atom stereocenters. The fraction of sp³-hybridized carbons (Fsp3) is 0.318. The Balaban J connectivity index is 1.82.